The normalized spacial score (nSPS) is 20.4. The Balaban J connectivity index is 2.17. The highest BCUT2D eigenvalue weighted by Crippen LogP contribution is 2.34. The van der Waals surface area contributed by atoms with E-state index in [9.17, 15) is 14.8 Å². The Morgan fingerprint density at radius 2 is 2.00 bits per heavy atom. The summed E-state index contributed by atoms with van der Waals surface area (Å²) in [7, 11) is 2.34. The van der Waals surface area contributed by atoms with Crippen molar-refractivity contribution in [1.29, 1.82) is 0 Å². The van der Waals surface area contributed by atoms with Crippen molar-refractivity contribution >= 4 is 28.6 Å². The molecular formula is C15H14N2O6. The monoisotopic (exact) mass is 318 g/mol. The Bertz CT molecular complexity index is 809. The summed E-state index contributed by atoms with van der Waals surface area (Å²) in [5.74, 6) is -2.54. The minimum atomic E-state index is -1.26. The minimum absolute atomic E-state index is 0.0276. The van der Waals surface area contributed by atoms with Crippen LogP contribution < -0.4 is 0 Å². The summed E-state index contributed by atoms with van der Waals surface area (Å²) in [6.45, 7) is 0. The van der Waals surface area contributed by atoms with Crippen molar-refractivity contribution in [3.05, 3.63) is 41.2 Å². The van der Waals surface area contributed by atoms with E-state index in [2.05, 4.69) is 14.5 Å². The molecule has 3 rings (SSSR count). The molecule has 1 aliphatic rings. The number of methoxy groups -OCH3 is 2. The summed E-state index contributed by atoms with van der Waals surface area (Å²) in [5, 5.41) is 12.8. The third kappa shape index (κ3) is 2.28. The molecule has 0 saturated carbocycles. The molecule has 0 fully saturated rings. The first-order valence-corrected chi connectivity index (χ1v) is 6.81. The summed E-state index contributed by atoms with van der Waals surface area (Å²) < 4.78 is 9.33. The summed E-state index contributed by atoms with van der Waals surface area (Å²) in [6.07, 6.45) is 0.377. The van der Waals surface area contributed by atoms with Crippen molar-refractivity contribution in [2.45, 2.75) is 12.0 Å². The topological polar surface area (TPSA) is 104 Å². The zero-order chi connectivity index (χ0) is 16.6. The first-order chi connectivity index (χ1) is 11.1. The number of hydrogen-bond donors (Lipinski definition) is 1. The highest BCUT2D eigenvalue weighted by atomic mass is 16.9. The Kier molecular flexibility index (Phi) is 3.65. The number of aromatic nitrogens is 1. The van der Waals surface area contributed by atoms with Gasteiger partial charge in [-0.25, -0.2) is 4.79 Å². The van der Waals surface area contributed by atoms with Gasteiger partial charge in [0.05, 0.1) is 19.1 Å². The summed E-state index contributed by atoms with van der Waals surface area (Å²) >= 11 is 0. The van der Waals surface area contributed by atoms with Gasteiger partial charge in [-0.1, -0.05) is 18.2 Å². The van der Waals surface area contributed by atoms with Crippen molar-refractivity contribution in [1.82, 2.24) is 4.98 Å². The molecule has 120 valence electrons. The maximum atomic E-state index is 12.0. The highest BCUT2D eigenvalue weighted by molar-refractivity contribution is 6.37. The fourth-order valence-corrected chi connectivity index (χ4v) is 2.74. The average molecular weight is 318 g/mol. The van der Waals surface area contributed by atoms with E-state index in [1.165, 1.54) is 7.11 Å². The van der Waals surface area contributed by atoms with Crippen LogP contribution in [0.15, 0.2) is 30.5 Å². The first-order valence-electron chi connectivity index (χ1n) is 6.81. The molecule has 23 heavy (non-hydrogen) atoms. The molecule has 2 heterocycles. The average Bonchev–Trinajstić information content (AvgIpc) is 3.14. The van der Waals surface area contributed by atoms with Crippen molar-refractivity contribution < 1.29 is 28.8 Å². The maximum Gasteiger partial charge on any atom is 0.405 e. The van der Waals surface area contributed by atoms with E-state index >= 15 is 0 Å². The van der Waals surface area contributed by atoms with Gasteiger partial charge in [0.2, 0.25) is 0 Å². The van der Waals surface area contributed by atoms with Crippen LogP contribution in [0, 0.1) is 5.21 Å². The second kappa shape index (κ2) is 5.64. The van der Waals surface area contributed by atoms with Gasteiger partial charge in [-0.2, -0.15) is 0 Å². The van der Waals surface area contributed by atoms with E-state index < -0.39 is 24.0 Å². The molecule has 8 heteroatoms. The van der Waals surface area contributed by atoms with E-state index in [1.807, 2.05) is 24.3 Å². The van der Waals surface area contributed by atoms with E-state index in [0.717, 1.165) is 18.0 Å². The van der Waals surface area contributed by atoms with Gasteiger partial charge in [0.25, 0.3) is 0 Å². The van der Waals surface area contributed by atoms with Crippen LogP contribution in [0.5, 0.6) is 0 Å². The molecule has 1 aromatic heterocycles. The van der Waals surface area contributed by atoms with E-state index in [-0.39, 0.29) is 10.6 Å². The number of H-pyrrole nitrogens is 1. The second-order valence-corrected chi connectivity index (χ2v) is 4.95. The predicted octanol–water partition coefficient (Wildman–Crippen LogP) is 0.863. The first kappa shape index (κ1) is 14.9. The van der Waals surface area contributed by atoms with E-state index in [1.54, 1.807) is 6.20 Å². The van der Waals surface area contributed by atoms with Crippen LogP contribution in [0.25, 0.3) is 10.9 Å². The van der Waals surface area contributed by atoms with Crippen LogP contribution in [0.4, 0.5) is 0 Å². The number of hydrogen-bond acceptors (Lipinski definition) is 6. The van der Waals surface area contributed by atoms with Gasteiger partial charge in [0.1, 0.15) is 5.92 Å². The zero-order valence-electron chi connectivity index (χ0n) is 12.4. The lowest BCUT2D eigenvalue weighted by Gasteiger charge is -2.15. The number of benzene rings is 1. The van der Waals surface area contributed by atoms with E-state index in [0.29, 0.717) is 5.56 Å². The Morgan fingerprint density at radius 1 is 1.26 bits per heavy atom. The Labute approximate surface area is 130 Å². The SMILES string of the molecule is COC(=O)C1=[N+]([O-])O[C@@H](C(=O)OC)[C@@H]1c1c[nH]c2ccccc12. The number of esters is 2. The molecule has 0 saturated heterocycles. The van der Waals surface area contributed by atoms with Crippen molar-refractivity contribution in [2.75, 3.05) is 14.2 Å². The van der Waals surface area contributed by atoms with Crippen LogP contribution in [0.1, 0.15) is 11.5 Å². The highest BCUT2D eigenvalue weighted by Gasteiger charge is 2.50. The lowest BCUT2D eigenvalue weighted by molar-refractivity contribution is -0.736. The molecule has 0 unspecified atom stereocenters. The number of carbonyl (C=O) groups is 2. The molecule has 8 nitrogen and oxygen atoms in total. The van der Waals surface area contributed by atoms with Crippen LogP contribution in [0.3, 0.4) is 0 Å². The summed E-state index contributed by atoms with van der Waals surface area (Å²) in [4.78, 5) is 32.0. The third-order valence-corrected chi connectivity index (χ3v) is 3.79. The van der Waals surface area contributed by atoms with Crippen LogP contribution in [-0.2, 0) is 23.9 Å². The summed E-state index contributed by atoms with van der Waals surface area (Å²) in [6, 6.07) is 7.32. The number of rotatable bonds is 3. The number of ether oxygens (including phenoxy) is 2. The zero-order valence-corrected chi connectivity index (χ0v) is 12.4. The molecule has 0 radical (unpaired) electrons. The maximum absolute atomic E-state index is 12.0. The van der Waals surface area contributed by atoms with Gasteiger partial charge in [0, 0.05) is 17.1 Å². The largest absolute Gasteiger partial charge is 0.468 e. The third-order valence-electron chi connectivity index (χ3n) is 3.79. The van der Waals surface area contributed by atoms with Crippen molar-refractivity contribution in [2.24, 2.45) is 0 Å². The molecule has 2 aromatic rings. The molecular weight excluding hydrogens is 304 g/mol. The molecule has 0 spiro atoms. The lowest BCUT2D eigenvalue weighted by atomic mass is 9.89. The summed E-state index contributed by atoms with van der Waals surface area (Å²) in [5.41, 5.74) is 1.09. The van der Waals surface area contributed by atoms with Crippen molar-refractivity contribution in [3.63, 3.8) is 0 Å². The van der Waals surface area contributed by atoms with E-state index in [4.69, 9.17) is 4.84 Å². The van der Waals surface area contributed by atoms with Gasteiger partial charge >= 0.3 is 17.7 Å². The fraction of sp³-hybridized carbons (Fsp3) is 0.267. The van der Waals surface area contributed by atoms with Crippen LogP contribution in [0.2, 0.25) is 0 Å². The van der Waals surface area contributed by atoms with Crippen LogP contribution >= 0.6 is 0 Å². The minimum Gasteiger partial charge on any atom is -0.468 e. The molecule has 0 amide bonds. The molecule has 2 atom stereocenters. The van der Waals surface area contributed by atoms with Gasteiger partial charge in [-0.05, 0) is 11.6 Å². The number of nitrogens with one attached hydrogen (secondary N) is 1. The fourth-order valence-electron chi connectivity index (χ4n) is 2.74. The molecule has 0 bridgehead atoms. The van der Waals surface area contributed by atoms with Gasteiger partial charge in [0.15, 0.2) is 6.10 Å². The molecule has 1 aromatic carbocycles. The smallest absolute Gasteiger partial charge is 0.405 e. The number of nitrogens with zero attached hydrogens (tertiary/aromatic N) is 1. The van der Waals surface area contributed by atoms with Crippen LogP contribution in [-0.4, -0.2) is 47.9 Å². The predicted molar refractivity (Wildman–Crippen MR) is 78.6 cm³/mol. The van der Waals surface area contributed by atoms with Gasteiger partial charge in [-0.15, -0.1) is 0 Å². The van der Waals surface area contributed by atoms with Gasteiger partial charge in [-0.3, -0.25) is 10.0 Å². The molecule has 0 aliphatic carbocycles. The second-order valence-electron chi connectivity index (χ2n) is 4.95. The number of para-hydroxylation sites is 1. The Morgan fingerprint density at radius 3 is 2.70 bits per heavy atom. The molecule has 1 aliphatic heterocycles. The lowest BCUT2D eigenvalue weighted by Crippen LogP contribution is -2.33. The van der Waals surface area contributed by atoms with Gasteiger partial charge < -0.3 is 19.3 Å². The standard InChI is InChI=1S/C15H14N2O6/c1-21-14(18)12-11(13(15(19)22-2)23-17(12)20)9-7-16-10-6-4-3-5-8(9)10/h3-7,11,13,16H,1-2H3/t11-,13-/m1/s1. The molecule has 1 N–H and O–H groups in total. The number of fused-ring (bicyclic) bond motifs is 1. The number of carbonyl (C=O) groups excluding carboxylic acids is 2. The Hall–Kier alpha value is -3.03. The number of aromatic amines is 1. The quantitative estimate of drug-likeness (QED) is 0.665. The van der Waals surface area contributed by atoms with Crippen molar-refractivity contribution in [3.8, 4) is 0 Å².